The van der Waals surface area contributed by atoms with E-state index in [1.165, 1.54) is 10.8 Å². The molecule has 104 valence electrons. The molecule has 0 fully saturated rings. The highest BCUT2D eigenvalue weighted by molar-refractivity contribution is 5.90. The molecule has 0 saturated heterocycles. The van der Waals surface area contributed by atoms with Gasteiger partial charge in [0.1, 0.15) is 0 Å². The van der Waals surface area contributed by atoms with Gasteiger partial charge in [0.15, 0.2) is 0 Å². The average Bonchev–Trinajstić information content (AvgIpc) is 2.45. The second-order valence-electron chi connectivity index (χ2n) is 5.47. The zero-order valence-electron chi connectivity index (χ0n) is 12.2. The molecule has 2 heteroatoms. The van der Waals surface area contributed by atoms with Gasteiger partial charge in [0, 0.05) is 0 Å². The molecule has 20 heavy (non-hydrogen) atoms. The summed E-state index contributed by atoms with van der Waals surface area (Å²) in [7, 11) is 0. The number of rotatable bonds is 6. The minimum atomic E-state index is 0.228. The van der Waals surface area contributed by atoms with E-state index in [4.69, 9.17) is 0 Å². The summed E-state index contributed by atoms with van der Waals surface area (Å²) >= 11 is 0. The molecule has 0 aliphatic heterocycles. The summed E-state index contributed by atoms with van der Waals surface area (Å²) in [6.45, 7) is 8.24. The Morgan fingerprint density at radius 1 is 1.15 bits per heavy atom. The van der Waals surface area contributed by atoms with Gasteiger partial charge in [-0.15, -0.1) is 6.58 Å². The lowest BCUT2D eigenvalue weighted by Gasteiger charge is -2.13. The zero-order valence-corrected chi connectivity index (χ0v) is 12.2. The smallest absolute Gasteiger partial charge is 0.0620 e. The van der Waals surface area contributed by atoms with E-state index in [1.807, 2.05) is 12.3 Å². The van der Waals surface area contributed by atoms with Crippen LogP contribution in [0.1, 0.15) is 25.8 Å². The molecule has 0 aliphatic carbocycles. The van der Waals surface area contributed by atoms with Crippen molar-refractivity contribution in [2.24, 2.45) is 11.0 Å². The largest absolute Gasteiger partial charge is 0.303 e. The Kier molecular flexibility index (Phi) is 4.94. The topological polar surface area (TPSA) is 24.4 Å². The fourth-order valence-electron chi connectivity index (χ4n) is 2.21. The third-order valence-corrected chi connectivity index (χ3v) is 3.24. The van der Waals surface area contributed by atoms with Crippen molar-refractivity contribution in [3.8, 4) is 0 Å². The molecule has 0 aromatic heterocycles. The summed E-state index contributed by atoms with van der Waals surface area (Å²) in [5.41, 5.74) is 4.25. The van der Waals surface area contributed by atoms with E-state index in [2.05, 4.69) is 73.4 Å². The van der Waals surface area contributed by atoms with E-state index in [1.54, 1.807) is 0 Å². The number of nitrogens with one attached hydrogen (secondary N) is 1. The standard InChI is InChI=1S/C18H22N2/c1-4-18(11-14(2)3)20-19-13-15-9-10-16-7-5-6-8-17(16)12-15/h4-10,12-14,18,20H,1,11H2,2-3H3/b19-13+. The van der Waals surface area contributed by atoms with Crippen molar-refractivity contribution in [1.29, 1.82) is 0 Å². The molecule has 0 aliphatic rings. The maximum atomic E-state index is 4.33. The Balaban J connectivity index is 2.03. The number of hydrogen-bond donors (Lipinski definition) is 1. The molecular weight excluding hydrogens is 244 g/mol. The van der Waals surface area contributed by atoms with Crippen molar-refractivity contribution in [3.05, 3.63) is 60.7 Å². The quantitative estimate of drug-likeness (QED) is 0.469. The number of hydrazone groups is 1. The average molecular weight is 266 g/mol. The lowest BCUT2D eigenvalue weighted by molar-refractivity contribution is 0.484. The van der Waals surface area contributed by atoms with Gasteiger partial charge in [-0.3, -0.25) is 0 Å². The molecule has 2 nitrogen and oxygen atoms in total. The van der Waals surface area contributed by atoms with Crippen molar-refractivity contribution < 1.29 is 0 Å². The highest BCUT2D eigenvalue weighted by Gasteiger charge is 2.04. The molecule has 2 aromatic rings. The van der Waals surface area contributed by atoms with Crippen molar-refractivity contribution in [2.75, 3.05) is 0 Å². The first-order chi connectivity index (χ1) is 9.69. The zero-order chi connectivity index (χ0) is 14.4. The van der Waals surface area contributed by atoms with Crippen molar-refractivity contribution in [2.45, 2.75) is 26.3 Å². The maximum Gasteiger partial charge on any atom is 0.0620 e. The monoisotopic (exact) mass is 266 g/mol. The molecule has 0 bridgehead atoms. The third kappa shape index (κ3) is 3.95. The van der Waals surface area contributed by atoms with Crippen LogP contribution in [0.5, 0.6) is 0 Å². The van der Waals surface area contributed by atoms with E-state index in [0.717, 1.165) is 12.0 Å². The summed E-state index contributed by atoms with van der Waals surface area (Å²) in [4.78, 5) is 0. The van der Waals surface area contributed by atoms with Crippen molar-refractivity contribution in [1.82, 2.24) is 5.43 Å². The Labute approximate surface area is 121 Å². The first kappa shape index (κ1) is 14.3. The molecule has 0 amide bonds. The van der Waals surface area contributed by atoms with Crippen LogP contribution in [0.3, 0.4) is 0 Å². The van der Waals surface area contributed by atoms with Gasteiger partial charge in [-0.05, 0) is 34.7 Å². The minimum absolute atomic E-state index is 0.228. The number of fused-ring (bicyclic) bond motifs is 1. The SMILES string of the molecule is C=CC(CC(C)C)N/N=C/c1ccc2ccccc2c1. The van der Waals surface area contributed by atoms with Gasteiger partial charge in [-0.1, -0.05) is 56.3 Å². The van der Waals surface area contributed by atoms with Crippen LogP contribution in [-0.2, 0) is 0 Å². The normalized spacial score (nSPS) is 12.9. The van der Waals surface area contributed by atoms with Gasteiger partial charge in [-0.2, -0.15) is 5.10 Å². The van der Waals surface area contributed by atoms with Crippen LogP contribution in [0.15, 0.2) is 60.2 Å². The Morgan fingerprint density at radius 3 is 2.60 bits per heavy atom. The van der Waals surface area contributed by atoms with Gasteiger partial charge in [0.2, 0.25) is 0 Å². The molecule has 0 saturated carbocycles. The van der Waals surface area contributed by atoms with Gasteiger partial charge < -0.3 is 5.43 Å². The third-order valence-electron chi connectivity index (χ3n) is 3.24. The van der Waals surface area contributed by atoms with Crippen LogP contribution in [0.4, 0.5) is 0 Å². The lowest BCUT2D eigenvalue weighted by atomic mass is 10.0. The maximum absolute atomic E-state index is 4.33. The summed E-state index contributed by atoms with van der Waals surface area (Å²) in [5, 5.41) is 6.81. The number of benzene rings is 2. The van der Waals surface area contributed by atoms with E-state index >= 15 is 0 Å². The minimum Gasteiger partial charge on any atom is -0.303 e. The molecule has 1 unspecified atom stereocenters. The van der Waals surface area contributed by atoms with Crippen LogP contribution in [-0.4, -0.2) is 12.3 Å². The second-order valence-corrected chi connectivity index (χ2v) is 5.47. The van der Waals surface area contributed by atoms with Crippen LogP contribution in [0.25, 0.3) is 10.8 Å². The lowest BCUT2D eigenvalue weighted by Crippen LogP contribution is -2.23. The van der Waals surface area contributed by atoms with Gasteiger partial charge >= 0.3 is 0 Å². The summed E-state index contributed by atoms with van der Waals surface area (Å²) in [6.07, 6.45) is 4.82. The van der Waals surface area contributed by atoms with E-state index < -0.39 is 0 Å². The molecule has 2 rings (SSSR count). The highest BCUT2D eigenvalue weighted by atomic mass is 15.3. The van der Waals surface area contributed by atoms with E-state index in [9.17, 15) is 0 Å². The van der Waals surface area contributed by atoms with Gasteiger partial charge in [-0.25, -0.2) is 0 Å². The Bertz CT molecular complexity index is 599. The molecule has 0 heterocycles. The summed E-state index contributed by atoms with van der Waals surface area (Å²) in [6, 6.07) is 14.9. The first-order valence-electron chi connectivity index (χ1n) is 7.09. The number of hydrogen-bond acceptors (Lipinski definition) is 2. The fraction of sp³-hybridized carbons (Fsp3) is 0.278. The summed E-state index contributed by atoms with van der Waals surface area (Å²) in [5.74, 6) is 0.626. The molecular formula is C18H22N2. The van der Waals surface area contributed by atoms with E-state index in [0.29, 0.717) is 5.92 Å². The Hall–Kier alpha value is -2.09. The fourth-order valence-corrected chi connectivity index (χ4v) is 2.21. The molecule has 1 N–H and O–H groups in total. The highest BCUT2D eigenvalue weighted by Crippen LogP contribution is 2.14. The number of nitrogens with zero attached hydrogens (tertiary/aromatic N) is 1. The Morgan fingerprint density at radius 2 is 1.90 bits per heavy atom. The molecule has 1 atom stereocenters. The van der Waals surface area contributed by atoms with Crippen LogP contribution in [0.2, 0.25) is 0 Å². The van der Waals surface area contributed by atoms with Crippen molar-refractivity contribution in [3.63, 3.8) is 0 Å². The van der Waals surface area contributed by atoms with Crippen LogP contribution in [0, 0.1) is 5.92 Å². The second kappa shape index (κ2) is 6.90. The van der Waals surface area contributed by atoms with Crippen LogP contribution < -0.4 is 5.43 Å². The van der Waals surface area contributed by atoms with Crippen molar-refractivity contribution >= 4 is 17.0 Å². The van der Waals surface area contributed by atoms with E-state index in [-0.39, 0.29) is 6.04 Å². The van der Waals surface area contributed by atoms with Crippen LogP contribution >= 0.6 is 0 Å². The van der Waals surface area contributed by atoms with Gasteiger partial charge in [0.25, 0.3) is 0 Å². The predicted molar refractivity (Wildman–Crippen MR) is 88.1 cm³/mol. The van der Waals surface area contributed by atoms with Gasteiger partial charge in [0.05, 0.1) is 12.3 Å². The molecule has 0 radical (unpaired) electrons. The summed E-state index contributed by atoms with van der Waals surface area (Å²) < 4.78 is 0. The molecule has 0 spiro atoms. The first-order valence-corrected chi connectivity index (χ1v) is 7.09. The predicted octanol–water partition coefficient (Wildman–Crippen LogP) is 4.36. The molecule has 2 aromatic carbocycles.